The molecule has 8 rings (SSSR count). The van der Waals surface area contributed by atoms with Gasteiger partial charge < -0.3 is 84.6 Å². The summed E-state index contributed by atoms with van der Waals surface area (Å²) in [6, 6.07) is 0. The van der Waals surface area contributed by atoms with Crippen LogP contribution in [0, 0.1) is 56.7 Å². The van der Waals surface area contributed by atoms with Crippen LogP contribution in [0.2, 0.25) is 0 Å². The Bertz CT molecular complexity index is 1730. The van der Waals surface area contributed by atoms with Crippen molar-refractivity contribution in [2.75, 3.05) is 13.2 Å². The molecule has 11 N–H and O–H groups in total. The zero-order valence-electron chi connectivity index (χ0n) is 39.6. The first-order valence-corrected chi connectivity index (χ1v) is 24.3. The fourth-order valence-corrected chi connectivity index (χ4v) is 15.5. The highest BCUT2D eigenvalue weighted by Crippen LogP contribution is 2.76. The van der Waals surface area contributed by atoms with Crippen molar-refractivity contribution in [3.05, 3.63) is 11.6 Å². The van der Waals surface area contributed by atoms with Crippen LogP contribution >= 0.6 is 0 Å². The summed E-state index contributed by atoms with van der Waals surface area (Å²) in [5.41, 5.74) is -1.17. The number of hydrogen-bond acceptors (Lipinski definition) is 17. The molecular formula is C48H80O17. The molecule has 0 unspecified atom stereocenters. The van der Waals surface area contributed by atoms with Crippen molar-refractivity contribution in [3.63, 3.8) is 0 Å². The van der Waals surface area contributed by atoms with Crippen LogP contribution in [-0.4, -0.2) is 180 Å². The lowest BCUT2D eigenvalue weighted by atomic mass is 9.32. The molecular weight excluding hydrogens is 849 g/mol. The van der Waals surface area contributed by atoms with Crippen LogP contribution in [0.1, 0.15) is 107 Å². The van der Waals surface area contributed by atoms with E-state index in [0.29, 0.717) is 25.2 Å². The molecule has 3 saturated heterocycles. The SMILES string of the molecule is C[C@H]1[C@H](C)CC[C@]2(CO)[C@H](O)C[C@]3(C)C(=C[C@H](O)[C@@H]4[C@@]5(C)CC[C@H](O[C@@H]6O[C@H](C)[C@H](O)[C@H](O)[C@H]6O[C@@H]6O[C@H](CO)[C@@H](O)[C@H](O)[C@H]6O[C@@H]6O[C@@H](C)[C@H](O)[C@@H](O)[C@H]6O)C(C)(C)[C@@H]5CC[C@]43C)[C@H]12. The number of aliphatic hydroxyl groups is 11. The Morgan fingerprint density at radius 2 is 1.22 bits per heavy atom. The van der Waals surface area contributed by atoms with E-state index in [1.165, 1.54) is 12.5 Å². The molecule has 7 fully saturated rings. The Hall–Kier alpha value is -0.940. The maximum absolute atomic E-state index is 12.6. The molecule has 0 amide bonds. The van der Waals surface area contributed by atoms with Gasteiger partial charge in [0.25, 0.3) is 0 Å². The normalized spacial score (nSPS) is 57.8. The summed E-state index contributed by atoms with van der Waals surface area (Å²) >= 11 is 0. The third-order valence-electron chi connectivity index (χ3n) is 19.7. The third kappa shape index (κ3) is 7.58. The minimum atomic E-state index is -1.81. The van der Waals surface area contributed by atoms with Crippen LogP contribution in [0.25, 0.3) is 0 Å². The van der Waals surface area contributed by atoms with Crippen molar-refractivity contribution < 1.29 is 84.6 Å². The monoisotopic (exact) mass is 929 g/mol. The van der Waals surface area contributed by atoms with Crippen molar-refractivity contribution >= 4 is 0 Å². The van der Waals surface area contributed by atoms with Crippen LogP contribution in [0.5, 0.6) is 0 Å². The quantitative estimate of drug-likeness (QED) is 0.117. The minimum Gasteiger partial charge on any atom is -0.396 e. The molecule has 0 spiro atoms. The van der Waals surface area contributed by atoms with Gasteiger partial charge in [-0.3, -0.25) is 0 Å². The predicted molar refractivity (Wildman–Crippen MR) is 230 cm³/mol. The molecule has 0 radical (unpaired) electrons. The molecule has 8 aliphatic rings. The van der Waals surface area contributed by atoms with Crippen molar-refractivity contribution in [1.82, 2.24) is 0 Å². The molecule has 17 nitrogen and oxygen atoms in total. The van der Waals surface area contributed by atoms with E-state index in [9.17, 15) is 56.2 Å². The Kier molecular flexibility index (Phi) is 13.8. The highest BCUT2D eigenvalue weighted by molar-refractivity contribution is 5.37. The Labute approximate surface area is 383 Å². The molecule has 27 atom stereocenters. The van der Waals surface area contributed by atoms with Crippen LogP contribution in [-0.2, 0) is 28.4 Å². The number of rotatable bonds is 8. The summed E-state index contributed by atoms with van der Waals surface area (Å²) in [7, 11) is 0. The Balaban J connectivity index is 1.06. The lowest BCUT2D eigenvalue weighted by Gasteiger charge is -2.73. The largest absolute Gasteiger partial charge is 0.396 e. The molecule has 3 heterocycles. The van der Waals surface area contributed by atoms with E-state index < -0.39 is 133 Å². The molecule has 3 aliphatic heterocycles. The van der Waals surface area contributed by atoms with Gasteiger partial charge in [-0.25, -0.2) is 0 Å². The van der Waals surface area contributed by atoms with Crippen LogP contribution in [0.4, 0.5) is 0 Å². The molecule has 0 aromatic carbocycles. The number of aliphatic hydroxyl groups excluding tert-OH is 11. The second-order valence-corrected chi connectivity index (χ2v) is 23.2. The lowest BCUT2D eigenvalue weighted by Crippen LogP contribution is -2.70. The summed E-state index contributed by atoms with van der Waals surface area (Å²) in [4.78, 5) is 0. The maximum atomic E-state index is 12.6. The van der Waals surface area contributed by atoms with Gasteiger partial charge in [0.15, 0.2) is 18.9 Å². The fraction of sp³-hybridized carbons (Fsp3) is 0.958. The minimum absolute atomic E-state index is 0.0363. The maximum Gasteiger partial charge on any atom is 0.187 e. The molecule has 5 aliphatic carbocycles. The van der Waals surface area contributed by atoms with E-state index >= 15 is 0 Å². The Morgan fingerprint density at radius 1 is 0.631 bits per heavy atom. The van der Waals surface area contributed by atoms with Crippen molar-refractivity contribution in [1.29, 1.82) is 0 Å². The summed E-state index contributed by atoms with van der Waals surface area (Å²) in [5.74, 6) is 0.463. The van der Waals surface area contributed by atoms with E-state index in [1.807, 2.05) is 0 Å². The molecule has 0 aromatic rings. The van der Waals surface area contributed by atoms with Crippen LogP contribution in [0.15, 0.2) is 11.6 Å². The zero-order chi connectivity index (χ0) is 47.7. The van der Waals surface area contributed by atoms with Gasteiger partial charge in [0, 0.05) is 11.3 Å². The molecule has 65 heavy (non-hydrogen) atoms. The third-order valence-corrected chi connectivity index (χ3v) is 19.7. The van der Waals surface area contributed by atoms with Gasteiger partial charge in [-0.2, -0.15) is 0 Å². The van der Waals surface area contributed by atoms with Gasteiger partial charge in [0.05, 0.1) is 43.7 Å². The van der Waals surface area contributed by atoms with Gasteiger partial charge in [0.1, 0.15) is 61.0 Å². The smallest absolute Gasteiger partial charge is 0.187 e. The van der Waals surface area contributed by atoms with E-state index in [4.69, 9.17) is 28.4 Å². The van der Waals surface area contributed by atoms with Gasteiger partial charge in [0.2, 0.25) is 0 Å². The zero-order valence-corrected chi connectivity index (χ0v) is 39.6. The van der Waals surface area contributed by atoms with Crippen molar-refractivity contribution in [2.45, 2.75) is 218 Å². The average Bonchev–Trinajstić information content (AvgIpc) is 3.24. The van der Waals surface area contributed by atoms with Gasteiger partial charge in [-0.05, 0) is 104 Å². The molecule has 374 valence electrons. The molecule has 0 aromatic heterocycles. The topological polar surface area (TPSA) is 278 Å². The molecule has 17 heteroatoms. The summed E-state index contributed by atoms with van der Waals surface area (Å²) in [6.45, 7) is 17.9. The molecule has 4 saturated carbocycles. The highest BCUT2D eigenvalue weighted by atomic mass is 16.8. The van der Waals surface area contributed by atoms with E-state index in [0.717, 1.165) is 25.7 Å². The fourth-order valence-electron chi connectivity index (χ4n) is 15.5. The first kappa shape index (κ1) is 50.4. The highest BCUT2D eigenvalue weighted by Gasteiger charge is 2.72. The number of hydrogen-bond donors (Lipinski definition) is 11. The Morgan fingerprint density at radius 3 is 1.85 bits per heavy atom. The lowest BCUT2D eigenvalue weighted by molar-refractivity contribution is -0.396. The summed E-state index contributed by atoms with van der Waals surface area (Å²) < 4.78 is 37.0. The first-order chi connectivity index (χ1) is 30.3. The van der Waals surface area contributed by atoms with Crippen LogP contribution in [0.3, 0.4) is 0 Å². The average molecular weight is 929 g/mol. The van der Waals surface area contributed by atoms with E-state index in [-0.39, 0.29) is 41.1 Å². The van der Waals surface area contributed by atoms with Crippen molar-refractivity contribution in [2.24, 2.45) is 56.7 Å². The second-order valence-electron chi connectivity index (χ2n) is 23.2. The standard InChI is InChI=1S/C48H80O17/c1-20-10-15-48(19-50)28(52)17-47(9)24(30(48)21(20)2)16-25(51)40-45(7)13-12-29(44(5,6)27(45)11-14-46(40,47)8)63-42-38(35(57)32(54)23(4)61-42)65-43-39(36(58)33(55)26(18-49)62-43)64-41-37(59)34(56)31(53)22(3)60-41/h16,20-23,25-43,49-59H,10-15,17-19H2,1-9H3/t20-,21+,22+,23-,25+,26-,27+,28-,29+,30+,31+,32+,33-,34-,35+,36+,37-,38-,39-,40-,41+,42+,43+,45+,46-,47-,48+/m1/s1. The second kappa shape index (κ2) is 17.7. The molecule has 0 bridgehead atoms. The van der Waals surface area contributed by atoms with E-state index in [1.54, 1.807) is 6.92 Å². The number of allylic oxidation sites excluding steroid dienone is 1. The summed E-state index contributed by atoms with van der Waals surface area (Å²) in [6.07, 6.45) is -17.4. The van der Waals surface area contributed by atoms with Gasteiger partial charge in [-0.15, -0.1) is 0 Å². The van der Waals surface area contributed by atoms with Gasteiger partial charge in [-0.1, -0.05) is 60.1 Å². The predicted octanol–water partition coefficient (Wildman–Crippen LogP) is 0.467. The summed E-state index contributed by atoms with van der Waals surface area (Å²) in [5, 5.41) is 122. The van der Waals surface area contributed by atoms with Gasteiger partial charge >= 0.3 is 0 Å². The van der Waals surface area contributed by atoms with E-state index in [2.05, 4.69) is 54.5 Å². The van der Waals surface area contributed by atoms with Crippen LogP contribution < -0.4 is 0 Å². The first-order valence-electron chi connectivity index (χ1n) is 24.3. The number of fused-ring (bicyclic) bond motifs is 7. The van der Waals surface area contributed by atoms with Crippen molar-refractivity contribution in [3.8, 4) is 0 Å². The number of ether oxygens (including phenoxy) is 6.